The number of ether oxygens (including phenoxy) is 2. The summed E-state index contributed by atoms with van der Waals surface area (Å²) in [5.74, 6) is 3.30. The van der Waals surface area contributed by atoms with Gasteiger partial charge in [0, 0.05) is 35.5 Å². The number of aryl methyl sites for hydroxylation is 1. The number of fused-ring (bicyclic) bond motifs is 3. The van der Waals surface area contributed by atoms with Gasteiger partial charge in [0.05, 0.1) is 24.5 Å². The molecule has 3 aliphatic heterocycles. The fourth-order valence-corrected chi connectivity index (χ4v) is 9.41. The Hall–Kier alpha value is -6.10. The molecule has 0 radical (unpaired) electrons. The maximum Gasteiger partial charge on any atom is 0.250 e. The van der Waals surface area contributed by atoms with E-state index in [0.29, 0.717) is 77.8 Å². The van der Waals surface area contributed by atoms with Crippen molar-refractivity contribution in [3.8, 4) is 11.5 Å². The summed E-state index contributed by atoms with van der Waals surface area (Å²) in [4.78, 5) is 76.4. The van der Waals surface area contributed by atoms with Crippen molar-refractivity contribution in [2.45, 2.75) is 190 Å². The Morgan fingerprint density at radius 3 is 1.09 bits per heavy atom. The Morgan fingerprint density at radius 1 is 0.390 bits per heavy atom. The highest BCUT2D eigenvalue weighted by atomic mass is 16.5. The SMILES string of the molecule is CC.CC.CC.CC.CC.CC.Cc1c(N2CCCCc3ccc(CC(C)C)cc32)c(=O)c1=O.Cc1c(N2CCCOc3ccc(CC(C)C)cc32)c(=O)c1=O.Cc1c(N2CCOc3ccc(CC(C)C)cc32)c(=O)c1=O. The van der Waals surface area contributed by atoms with Crippen molar-refractivity contribution < 1.29 is 9.47 Å². The van der Waals surface area contributed by atoms with E-state index < -0.39 is 0 Å². The minimum absolute atomic E-state index is 0.320. The predicted octanol–water partition coefficient (Wildman–Crippen LogP) is 14.5. The van der Waals surface area contributed by atoms with Gasteiger partial charge in [-0.15, -0.1) is 0 Å². The van der Waals surface area contributed by atoms with Gasteiger partial charge in [-0.1, -0.05) is 149 Å². The van der Waals surface area contributed by atoms with Gasteiger partial charge in [-0.25, -0.2) is 0 Å². The first kappa shape index (κ1) is 68.9. The standard InChI is InChI=1S/C19H23NO2.C18H21NO3.C17H19NO3.6C2H6/c1-12(2)10-14-7-8-15-6-4-5-9-20(16(15)11-14)17-13(3)18(21)19(17)22;1-11(2)9-13-5-6-15-14(10-13)19(7-4-8-22-15)16-12(3)17(20)18(16)21;1-10(2)8-12-4-5-14-13(9-12)18(6-7-21-14)15-11(3)16(19)17(15)20;6*1-2/h7-8,11-12H,4-6,9-10H2,1-3H3;5-6,10-11H,4,7-9H2,1-3H3;4-5,9-10H,6-8H2,1-3H3;6*1-2H3. The summed E-state index contributed by atoms with van der Waals surface area (Å²) in [5, 5.41) is 0. The molecule has 6 aromatic carbocycles. The zero-order valence-electron chi connectivity index (χ0n) is 51.5. The van der Waals surface area contributed by atoms with Crippen LogP contribution in [0.15, 0.2) is 83.4 Å². The van der Waals surface area contributed by atoms with E-state index in [1.807, 2.05) is 105 Å². The van der Waals surface area contributed by atoms with Gasteiger partial charge < -0.3 is 24.2 Å². The molecular formula is C66H99N3O8. The summed E-state index contributed by atoms with van der Waals surface area (Å²) in [6, 6.07) is 18.9. The van der Waals surface area contributed by atoms with Crippen LogP contribution in [0.4, 0.5) is 34.1 Å². The smallest absolute Gasteiger partial charge is 0.250 e. The van der Waals surface area contributed by atoms with Gasteiger partial charge in [-0.2, -0.15) is 0 Å². The normalized spacial score (nSPS) is 13.0. The van der Waals surface area contributed by atoms with Crippen molar-refractivity contribution in [2.24, 2.45) is 17.8 Å². The molecule has 0 unspecified atom stereocenters. The maximum atomic E-state index is 12.0. The Kier molecular flexibility index (Phi) is 31.0. The molecule has 0 aromatic heterocycles. The van der Waals surface area contributed by atoms with Crippen LogP contribution in [0.3, 0.4) is 0 Å². The lowest BCUT2D eigenvalue weighted by atomic mass is 9.98. The van der Waals surface area contributed by atoms with Crippen LogP contribution in [0.5, 0.6) is 11.5 Å². The Bertz CT molecular complexity index is 2790. The number of benzene rings is 3. The summed E-state index contributed by atoms with van der Waals surface area (Å²) in [5.41, 5.74) is 9.28. The molecule has 0 spiro atoms. The third-order valence-electron chi connectivity index (χ3n) is 12.6. The molecule has 11 heteroatoms. The van der Waals surface area contributed by atoms with Gasteiger partial charge in [0.1, 0.15) is 35.2 Å². The third kappa shape index (κ3) is 17.2. The lowest BCUT2D eigenvalue weighted by Crippen LogP contribution is -2.43. The number of hydrogen-bond acceptors (Lipinski definition) is 11. The number of nitrogens with zero attached hydrogens (tertiary/aromatic N) is 3. The van der Waals surface area contributed by atoms with Crippen molar-refractivity contribution >= 4 is 34.1 Å². The second kappa shape index (κ2) is 34.6. The highest BCUT2D eigenvalue weighted by molar-refractivity contribution is 5.76. The van der Waals surface area contributed by atoms with Gasteiger partial charge in [0.15, 0.2) is 0 Å². The summed E-state index contributed by atoms with van der Waals surface area (Å²) >= 11 is 0. The van der Waals surface area contributed by atoms with Crippen molar-refractivity contribution in [2.75, 3.05) is 47.5 Å². The van der Waals surface area contributed by atoms with Crippen LogP contribution in [0.2, 0.25) is 0 Å². The number of hydrogen-bond donors (Lipinski definition) is 0. The fraction of sp³-hybridized carbons (Fsp3) is 0.545. The Balaban J connectivity index is 0.000000525. The molecule has 0 fully saturated rings. The summed E-state index contributed by atoms with van der Waals surface area (Å²) in [6.07, 6.45) is 7.03. The monoisotopic (exact) mass is 1060 g/mol. The van der Waals surface area contributed by atoms with Gasteiger partial charge in [-0.3, -0.25) is 28.8 Å². The molecule has 0 aliphatic carbocycles. The molecule has 0 bridgehead atoms. The molecule has 0 atom stereocenters. The average molecular weight is 1060 g/mol. The van der Waals surface area contributed by atoms with Gasteiger partial charge in [-0.05, 0) is 136 Å². The molecule has 3 aliphatic rings. The predicted molar refractivity (Wildman–Crippen MR) is 331 cm³/mol. The highest BCUT2D eigenvalue weighted by Gasteiger charge is 2.30. The van der Waals surface area contributed by atoms with E-state index in [1.165, 1.54) is 22.3 Å². The molecule has 6 aromatic rings. The molecule has 426 valence electrons. The summed E-state index contributed by atoms with van der Waals surface area (Å²) in [7, 11) is 0. The van der Waals surface area contributed by atoms with Crippen LogP contribution < -0.4 is 56.7 Å². The molecule has 0 saturated heterocycles. The van der Waals surface area contributed by atoms with E-state index in [4.69, 9.17) is 9.47 Å². The largest absolute Gasteiger partial charge is 0.491 e. The van der Waals surface area contributed by atoms with Crippen LogP contribution in [-0.4, -0.2) is 32.8 Å². The fourth-order valence-electron chi connectivity index (χ4n) is 9.41. The van der Waals surface area contributed by atoms with Crippen molar-refractivity contribution in [3.63, 3.8) is 0 Å². The first-order valence-corrected chi connectivity index (χ1v) is 29.3. The molecule has 0 N–H and O–H groups in total. The molecule has 11 nitrogen and oxygen atoms in total. The van der Waals surface area contributed by atoms with E-state index in [2.05, 4.69) is 88.9 Å². The number of anilines is 6. The van der Waals surface area contributed by atoms with Crippen molar-refractivity contribution in [3.05, 3.63) is 155 Å². The first-order chi connectivity index (χ1) is 37.0. The zero-order chi connectivity index (χ0) is 58.9. The van der Waals surface area contributed by atoms with E-state index in [1.54, 1.807) is 20.8 Å². The van der Waals surface area contributed by atoms with Crippen LogP contribution in [0.25, 0.3) is 0 Å². The van der Waals surface area contributed by atoms with Crippen molar-refractivity contribution in [1.82, 2.24) is 0 Å². The minimum atomic E-state index is -0.380. The quantitative estimate of drug-likeness (QED) is 0.128. The van der Waals surface area contributed by atoms with Crippen LogP contribution in [0.1, 0.15) is 183 Å². The Morgan fingerprint density at radius 2 is 0.714 bits per heavy atom. The first-order valence-electron chi connectivity index (χ1n) is 29.3. The van der Waals surface area contributed by atoms with Crippen LogP contribution in [0, 0.1) is 38.5 Å². The van der Waals surface area contributed by atoms with E-state index in [-0.39, 0.29) is 32.6 Å². The lowest BCUT2D eigenvalue weighted by molar-refractivity contribution is 0.313. The topological polar surface area (TPSA) is 131 Å². The molecule has 3 heterocycles. The minimum Gasteiger partial charge on any atom is -0.491 e. The molecule has 77 heavy (non-hydrogen) atoms. The summed E-state index contributed by atoms with van der Waals surface area (Å²) in [6.45, 7) is 45.6. The number of rotatable bonds is 9. The van der Waals surface area contributed by atoms with Gasteiger partial charge in [0.2, 0.25) is 32.6 Å². The van der Waals surface area contributed by atoms with Crippen molar-refractivity contribution in [1.29, 1.82) is 0 Å². The van der Waals surface area contributed by atoms with E-state index >= 15 is 0 Å². The second-order valence-electron chi connectivity index (χ2n) is 19.2. The average Bonchev–Trinajstić information content (AvgIpc) is 3.79. The highest BCUT2D eigenvalue weighted by Crippen LogP contribution is 2.39. The lowest BCUT2D eigenvalue weighted by Gasteiger charge is -2.32. The van der Waals surface area contributed by atoms with Gasteiger partial charge >= 0.3 is 0 Å². The third-order valence-corrected chi connectivity index (χ3v) is 12.6. The van der Waals surface area contributed by atoms with E-state index in [9.17, 15) is 28.8 Å². The van der Waals surface area contributed by atoms with E-state index in [0.717, 1.165) is 80.1 Å². The van der Waals surface area contributed by atoms with Crippen LogP contribution in [-0.2, 0) is 25.7 Å². The molecule has 0 saturated carbocycles. The molecular weight excluding hydrogens is 963 g/mol. The zero-order valence-corrected chi connectivity index (χ0v) is 51.5. The molecule has 9 rings (SSSR count). The maximum absolute atomic E-state index is 12.0. The van der Waals surface area contributed by atoms with Gasteiger partial charge in [0.25, 0.3) is 0 Å². The molecule has 0 amide bonds. The second-order valence-corrected chi connectivity index (χ2v) is 19.2. The summed E-state index contributed by atoms with van der Waals surface area (Å²) < 4.78 is 11.5. The van der Waals surface area contributed by atoms with Crippen LogP contribution >= 0.6 is 0 Å². The Labute approximate surface area is 463 Å².